The Hall–Kier alpha value is -4.78. The molecule has 1 saturated heterocycles. The summed E-state index contributed by atoms with van der Waals surface area (Å²) in [6.07, 6.45) is -11.4. The fraction of sp³-hybridized carbons (Fsp3) is 0.562. The van der Waals surface area contributed by atoms with Gasteiger partial charge in [-0.3, -0.25) is 19.2 Å². The Labute approximate surface area is 408 Å². The van der Waals surface area contributed by atoms with E-state index < -0.39 is 136 Å². The van der Waals surface area contributed by atoms with Crippen LogP contribution in [-0.4, -0.2) is 117 Å². The molecule has 1 aliphatic heterocycles. The first-order valence-corrected chi connectivity index (χ1v) is 23.3. The molecule has 0 aromatic heterocycles. The predicted molar refractivity (Wildman–Crippen MR) is 242 cm³/mol. The van der Waals surface area contributed by atoms with Crippen LogP contribution < -0.4 is 5.32 Å². The standard InChI is InChI=1S/C48H56Cl3NO16/c1-8-9-20-33(55)52-35(28-16-12-10-13-17-28)36(56)42(59)65-30-22-47(61)40(67-41(58)29-18-14-11-15-19-29)38-45(7,39(57)37(64-26(3)53)34(25(30)2)44(47,5)6)31(66-43(60)63-24-48(49,50)51)21-32-46(38,23-62-32)68-27(4)54/h10-19,30-32,35-38,40,56,61H,8-9,20-24H2,1-7H3,(H,52,55)/t30?,31?,32?,35?,36?,37?,38?,40?,45-,46?,47?/m1/s1. The van der Waals surface area contributed by atoms with Crippen LogP contribution in [0.1, 0.15) is 103 Å². The SMILES string of the molecule is CCCCC(=O)NC(c1ccccc1)C(O)C(=O)OC1CC2(O)C(OC(=O)c3ccccc3)C3C4(OC(C)=O)COC4CC(OC(=O)OCC(Cl)(Cl)Cl)[C@@]3(C)C(=O)C(OC(C)=O)C(=C1C)C2(C)C. The molecular weight excluding hydrogens is 953 g/mol. The number of nitrogens with one attached hydrogen (secondary N) is 1. The molecule has 3 N–H and O–H groups in total. The van der Waals surface area contributed by atoms with Crippen LogP contribution in [0.3, 0.4) is 0 Å². The number of carbonyl (C=O) groups excluding carboxylic acids is 7. The van der Waals surface area contributed by atoms with Crippen LogP contribution in [0.25, 0.3) is 0 Å². The lowest BCUT2D eigenvalue weighted by Gasteiger charge is -2.67. The lowest BCUT2D eigenvalue weighted by Crippen LogP contribution is -2.82. The Bertz CT molecular complexity index is 2300. The predicted octanol–water partition coefficient (Wildman–Crippen LogP) is 6.14. The molecule has 0 spiro atoms. The highest BCUT2D eigenvalue weighted by Crippen LogP contribution is 2.65. The van der Waals surface area contributed by atoms with Gasteiger partial charge in [-0.05, 0) is 49.1 Å². The molecule has 17 nitrogen and oxygen atoms in total. The first-order chi connectivity index (χ1) is 31.8. The van der Waals surface area contributed by atoms with Gasteiger partial charge in [-0.2, -0.15) is 0 Å². The smallest absolute Gasteiger partial charge is 0.456 e. The van der Waals surface area contributed by atoms with Crippen molar-refractivity contribution in [2.75, 3.05) is 13.2 Å². The van der Waals surface area contributed by atoms with Crippen molar-refractivity contribution < 1.29 is 76.9 Å². The highest BCUT2D eigenvalue weighted by atomic mass is 35.6. The van der Waals surface area contributed by atoms with Gasteiger partial charge < -0.3 is 48.7 Å². The van der Waals surface area contributed by atoms with Gasteiger partial charge in [0.25, 0.3) is 0 Å². The van der Waals surface area contributed by atoms with Gasteiger partial charge in [-0.1, -0.05) is 111 Å². The fourth-order valence-electron chi connectivity index (χ4n) is 10.4. The quantitative estimate of drug-likeness (QED) is 0.0834. The number of rotatable bonds is 14. The van der Waals surface area contributed by atoms with Gasteiger partial charge in [0.15, 0.2) is 23.6 Å². The van der Waals surface area contributed by atoms with Crippen LogP contribution in [0.4, 0.5) is 4.79 Å². The van der Waals surface area contributed by atoms with Crippen molar-refractivity contribution in [3.63, 3.8) is 0 Å². The molecule has 68 heavy (non-hydrogen) atoms. The summed E-state index contributed by atoms with van der Waals surface area (Å²) in [6.45, 7) is 8.71. The lowest BCUT2D eigenvalue weighted by molar-refractivity contribution is -0.346. The lowest BCUT2D eigenvalue weighted by atomic mass is 9.44. The highest BCUT2D eigenvalue weighted by molar-refractivity contribution is 6.67. The number of Topliss-reactive ketones (excluding diaryl/α,β-unsaturated/α-hetero) is 1. The van der Waals surface area contributed by atoms with Gasteiger partial charge in [0, 0.05) is 38.5 Å². The minimum atomic E-state index is -2.51. The van der Waals surface area contributed by atoms with Crippen molar-refractivity contribution in [2.24, 2.45) is 16.7 Å². The highest BCUT2D eigenvalue weighted by Gasteiger charge is 2.79. The van der Waals surface area contributed by atoms with E-state index in [9.17, 15) is 39.0 Å². The van der Waals surface area contributed by atoms with Crippen molar-refractivity contribution >= 4 is 76.5 Å². The summed E-state index contributed by atoms with van der Waals surface area (Å²) in [6, 6.07) is 14.6. The summed E-state index contributed by atoms with van der Waals surface area (Å²) in [7, 11) is 0. The molecule has 1 amide bonds. The second-order valence-corrected chi connectivity index (χ2v) is 20.9. The molecule has 20 heteroatoms. The van der Waals surface area contributed by atoms with E-state index in [2.05, 4.69) is 5.32 Å². The number of carbonyl (C=O) groups is 7. The number of hydrogen-bond donors (Lipinski definition) is 3. The van der Waals surface area contributed by atoms with Gasteiger partial charge >= 0.3 is 30.0 Å². The van der Waals surface area contributed by atoms with Crippen LogP contribution in [0.2, 0.25) is 0 Å². The van der Waals surface area contributed by atoms with Gasteiger partial charge in [-0.15, -0.1) is 0 Å². The topological polar surface area (TPSA) is 237 Å². The summed E-state index contributed by atoms with van der Waals surface area (Å²) in [5.74, 6) is -7.21. The summed E-state index contributed by atoms with van der Waals surface area (Å²) in [4.78, 5) is 97.9. The number of halogens is 3. The number of unbranched alkanes of at least 4 members (excludes halogenated alkanes) is 1. The normalized spacial score (nSPS) is 30.3. The first-order valence-electron chi connectivity index (χ1n) is 22.2. The Morgan fingerprint density at radius 1 is 0.912 bits per heavy atom. The summed E-state index contributed by atoms with van der Waals surface area (Å²) in [5.41, 5.74) is -8.05. The Kier molecular flexibility index (Phi) is 15.7. The average Bonchev–Trinajstić information content (AvgIpc) is 3.27. The maximum Gasteiger partial charge on any atom is 0.508 e. The number of aliphatic hydroxyl groups is 2. The maximum atomic E-state index is 16.0. The van der Waals surface area contributed by atoms with Crippen molar-refractivity contribution in [2.45, 2.75) is 138 Å². The molecule has 6 rings (SSSR count). The van der Waals surface area contributed by atoms with Crippen LogP contribution in [0, 0.1) is 16.7 Å². The van der Waals surface area contributed by atoms with Gasteiger partial charge in [0.1, 0.15) is 36.6 Å². The molecule has 1 heterocycles. The van der Waals surface area contributed by atoms with Crippen LogP contribution in [0.15, 0.2) is 71.8 Å². The molecule has 2 bridgehead atoms. The molecular formula is C48H56Cl3NO16. The summed E-state index contributed by atoms with van der Waals surface area (Å²) < 4.78 is 39.5. The van der Waals surface area contributed by atoms with E-state index in [1.807, 2.05) is 6.92 Å². The van der Waals surface area contributed by atoms with Gasteiger partial charge in [-0.25, -0.2) is 14.4 Å². The molecule has 2 aromatic rings. The molecule has 3 fully saturated rings. The largest absolute Gasteiger partial charge is 0.508 e. The minimum Gasteiger partial charge on any atom is -0.456 e. The maximum absolute atomic E-state index is 16.0. The van der Waals surface area contributed by atoms with E-state index in [1.54, 1.807) is 48.5 Å². The number of esters is 4. The second kappa shape index (κ2) is 20.3. The van der Waals surface area contributed by atoms with Gasteiger partial charge in [0.2, 0.25) is 9.70 Å². The van der Waals surface area contributed by atoms with Crippen LogP contribution >= 0.6 is 34.8 Å². The second-order valence-electron chi connectivity index (χ2n) is 18.4. The monoisotopic (exact) mass is 1010 g/mol. The summed E-state index contributed by atoms with van der Waals surface area (Å²) >= 11 is 17.6. The molecule has 0 radical (unpaired) electrons. The Balaban J connectivity index is 1.58. The Morgan fingerprint density at radius 3 is 2.10 bits per heavy atom. The van der Waals surface area contributed by atoms with Crippen molar-refractivity contribution in [1.82, 2.24) is 5.32 Å². The minimum absolute atomic E-state index is 0.00502. The van der Waals surface area contributed by atoms with E-state index >= 15 is 4.79 Å². The number of ether oxygens (including phenoxy) is 7. The van der Waals surface area contributed by atoms with Crippen LogP contribution in [-0.2, 0) is 57.1 Å². The molecule has 2 saturated carbocycles. The fourth-order valence-corrected chi connectivity index (χ4v) is 10.6. The third kappa shape index (κ3) is 10.1. The molecule has 2 aromatic carbocycles. The third-order valence-corrected chi connectivity index (χ3v) is 14.1. The molecule has 3 aliphatic carbocycles. The van der Waals surface area contributed by atoms with Crippen molar-refractivity contribution in [3.8, 4) is 0 Å². The van der Waals surface area contributed by atoms with E-state index in [0.29, 0.717) is 18.4 Å². The first kappa shape index (κ1) is 52.6. The average molecular weight is 1010 g/mol. The van der Waals surface area contributed by atoms with E-state index in [0.717, 1.165) is 13.8 Å². The van der Waals surface area contributed by atoms with Crippen molar-refractivity contribution in [1.29, 1.82) is 0 Å². The number of hydrogen-bond acceptors (Lipinski definition) is 16. The van der Waals surface area contributed by atoms with E-state index in [1.165, 1.54) is 39.8 Å². The zero-order valence-corrected chi connectivity index (χ0v) is 40.9. The number of amides is 1. The Morgan fingerprint density at radius 2 is 1.54 bits per heavy atom. The van der Waals surface area contributed by atoms with E-state index in [4.69, 9.17) is 68.0 Å². The molecule has 4 aliphatic rings. The third-order valence-electron chi connectivity index (χ3n) is 13.8. The number of alkyl halides is 3. The van der Waals surface area contributed by atoms with E-state index in [-0.39, 0.29) is 29.6 Å². The van der Waals surface area contributed by atoms with Gasteiger partial charge in [0.05, 0.1) is 29.5 Å². The number of fused-ring (bicyclic) bond motifs is 5. The molecule has 370 valence electrons. The zero-order chi connectivity index (χ0) is 50.1. The number of ketones is 1. The number of aliphatic hydroxyl groups excluding tert-OH is 1. The molecule has 11 atom stereocenters. The van der Waals surface area contributed by atoms with Crippen LogP contribution in [0.5, 0.6) is 0 Å². The number of benzene rings is 2. The summed E-state index contributed by atoms with van der Waals surface area (Å²) in [5, 5.41) is 28.4. The molecule has 10 unspecified atom stereocenters. The van der Waals surface area contributed by atoms with Crippen molar-refractivity contribution in [3.05, 3.63) is 82.9 Å². The zero-order valence-electron chi connectivity index (χ0n) is 38.6.